The zero-order chi connectivity index (χ0) is 15.7. The lowest BCUT2D eigenvalue weighted by Crippen LogP contribution is -2.30. The molecule has 0 aliphatic rings. The molecule has 2 N–H and O–H groups in total. The van der Waals surface area contributed by atoms with Crippen LogP contribution in [-0.4, -0.2) is 24.9 Å². The van der Waals surface area contributed by atoms with E-state index in [-0.39, 0.29) is 17.2 Å². The molecule has 1 rings (SSSR count). The van der Waals surface area contributed by atoms with Gasteiger partial charge in [-0.2, -0.15) is 0 Å². The lowest BCUT2D eigenvalue weighted by Gasteiger charge is -2.25. The van der Waals surface area contributed by atoms with Crippen molar-refractivity contribution >= 4 is 11.8 Å². The van der Waals surface area contributed by atoms with Crippen molar-refractivity contribution < 1.29 is 9.59 Å². The summed E-state index contributed by atoms with van der Waals surface area (Å²) in [6, 6.07) is 10.3. The third-order valence-electron chi connectivity index (χ3n) is 3.58. The minimum absolute atomic E-state index is 0.00517. The zero-order valence-corrected chi connectivity index (χ0v) is 13.2. The zero-order valence-electron chi connectivity index (χ0n) is 13.2. The Morgan fingerprint density at radius 1 is 1.05 bits per heavy atom. The fraction of sp³-hybridized carbons (Fsp3) is 0.529. The summed E-state index contributed by atoms with van der Waals surface area (Å²) in [6.45, 7) is 7.01. The molecular weight excluding hydrogens is 264 g/mol. The van der Waals surface area contributed by atoms with Gasteiger partial charge in [0.25, 0.3) is 0 Å². The molecule has 0 radical (unpaired) electrons. The topological polar surface area (TPSA) is 58.2 Å². The van der Waals surface area contributed by atoms with E-state index < -0.39 is 0 Å². The predicted octanol–water partition coefficient (Wildman–Crippen LogP) is 2.39. The van der Waals surface area contributed by atoms with Crippen LogP contribution in [0.1, 0.15) is 45.6 Å². The van der Waals surface area contributed by atoms with Crippen LogP contribution in [-0.2, 0) is 15.0 Å². The molecule has 0 unspecified atom stereocenters. The fourth-order valence-corrected chi connectivity index (χ4v) is 2.13. The van der Waals surface area contributed by atoms with Crippen molar-refractivity contribution in [3.63, 3.8) is 0 Å². The highest BCUT2D eigenvalue weighted by atomic mass is 16.2. The van der Waals surface area contributed by atoms with Crippen LogP contribution >= 0.6 is 0 Å². The third-order valence-corrected chi connectivity index (χ3v) is 3.58. The lowest BCUT2D eigenvalue weighted by atomic mass is 9.80. The molecule has 0 fully saturated rings. The van der Waals surface area contributed by atoms with Gasteiger partial charge >= 0.3 is 0 Å². The SMILES string of the molecule is CC(=O)NCCCNC(=O)CCC(C)(C)c1ccccc1. The van der Waals surface area contributed by atoms with E-state index in [0.717, 1.165) is 12.8 Å². The summed E-state index contributed by atoms with van der Waals surface area (Å²) >= 11 is 0. The molecule has 0 spiro atoms. The highest BCUT2D eigenvalue weighted by Crippen LogP contribution is 2.27. The maximum atomic E-state index is 11.8. The second-order valence-electron chi connectivity index (χ2n) is 5.94. The van der Waals surface area contributed by atoms with Crippen LogP contribution in [0.3, 0.4) is 0 Å². The first-order chi connectivity index (χ1) is 9.92. The summed E-state index contributed by atoms with van der Waals surface area (Å²) in [7, 11) is 0. The molecule has 4 heteroatoms. The number of hydrogen-bond donors (Lipinski definition) is 2. The maximum absolute atomic E-state index is 11.8. The Morgan fingerprint density at radius 3 is 2.29 bits per heavy atom. The van der Waals surface area contributed by atoms with Crippen LogP contribution in [0.15, 0.2) is 30.3 Å². The van der Waals surface area contributed by atoms with Crippen molar-refractivity contribution in [1.82, 2.24) is 10.6 Å². The van der Waals surface area contributed by atoms with E-state index >= 15 is 0 Å². The molecule has 1 aromatic carbocycles. The van der Waals surface area contributed by atoms with Gasteiger partial charge in [0.05, 0.1) is 0 Å². The van der Waals surface area contributed by atoms with Gasteiger partial charge in [0.2, 0.25) is 11.8 Å². The van der Waals surface area contributed by atoms with E-state index in [1.165, 1.54) is 12.5 Å². The van der Waals surface area contributed by atoms with Crippen molar-refractivity contribution in [1.29, 1.82) is 0 Å². The minimum atomic E-state index is -0.0362. The molecule has 0 aromatic heterocycles. The standard InChI is InChI=1S/C17H26N2O2/c1-14(20)18-12-7-13-19-16(21)10-11-17(2,3)15-8-5-4-6-9-15/h4-6,8-9H,7,10-13H2,1-3H3,(H,18,20)(H,19,21). The quantitative estimate of drug-likeness (QED) is 0.722. The normalized spacial score (nSPS) is 11.0. The van der Waals surface area contributed by atoms with Crippen LogP contribution in [0.5, 0.6) is 0 Å². The average Bonchev–Trinajstić information content (AvgIpc) is 2.45. The van der Waals surface area contributed by atoms with E-state index in [1.54, 1.807) is 0 Å². The van der Waals surface area contributed by atoms with E-state index in [0.29, 0.717) is 19.5 Å². The predicted molar refractivity (Wildman–Crippen MR) is 85.0 cm³/mol. The second kappa shape index (κ2) is 8.45. The maximum Gasteiger partial charge on any atom is 0.220 e. The Bertz CT molecular complexity index is 455. The molecule has 0 aliphatic heterocycles. The van der Waals surface area contributed by atoms with E-state index in [9.17, 15) is 9.59 Å². The van der Waals surface area contributed by atoms with Gasteiger partial charge in [-0.05, 0) is 23.8 Å². The third kappa shape index (κ3) is 6.93. The van der Waals surface area contributed by atoms with Crippen molar-refractivity contribution in [2.45, 2.75) is 45.4 Å². The summed E-state index contributed by atoms with van der Waals surface area (Å²) in [5, 5.41) is 5.60. The molecule has 0 saturated carbocycles. The van der Waals surface area contributed by atoms with E-state index in [1.807, 2.05) is 18.2 Å². The first-order valence-corrected chi connectivity index (χ1v) is 7.48. The number of carbonyl (C=O) groups is 2. The molecular formula is C17H26N2O2. The molecule has 0 heterocycles. The van der Waals surface area contributed by atoms with Crippen molar-refractivity contribution in [3.05, 3.63) is 35.9 Å². The molecule has 0 aliphatic carbocycles. The molecule has 2 amide bonds. The number of benzene rings is 1. The number of carbonyl (C=O) groups excluding carboxylic acids is 2. The summed E-state index contributed by atoms with van der Waals surface area (Å²) in [6.07, 6.45) is 2.09. The van der Waals surface area contributed by atoms with Gasteiger partial charge in [0, 0.05) is 26.4 Å². The van der Waals surface area contributed by atoms with Crippen LogP contribution < -0.4 is 10.6 Å². The monoisotopic (exact) mass is 290 g/mol. The molecule has 4 nitrogen and oxygen atoms in total. The van der Waals surface area contributed by atoms with Gasteiger partial charge in [-0.3, -0.25) is 9.59 Å². The second-order valence-corrected chi connectivity index (χ2v) is 5.94. The fourth-order valence-electron chi connectivity index (χ4n) is 2.13. The Morgan fingerprint density at radius 2 is 1.67 bits per heavy atom. The van der Waals surface area contributed by atoms with Crippen molar-refractivity contribution in [2.24, 2.45) is 0 Å². The van der Waals surface area contributed by atoms with Crippen molar-refractivity contribution in [2.75, 3.05) is 13.1 Å². The van der Waals surface area contributed by atoms with Gasteiger partial charge in [0.1, 0.15) is 0 Å². The van der Waals surface area contributed by atoms with Crippen LogP contribution in [0.2, 0.25) is 0 Å². The number of nitrogens with one attached hydrogen (secondary N) is 2. The van der Waals surface area contributed by atoms with E-state index in [4.69, 9.17) is 0 Å². The highest BCUT2D eigenvalue weighted by molar-refractivity contribution is 5.76. The minimum Gasteiger partial charge on any atom is -0.356 e. The van der Waals surface area contributed by atoms with Gasteiger partial charge in [0.15, 0.2) is 0 Å². The van der Waals surface area contributed by atoms with Gasteiger partial charge in [-0.25, -0.2) is 0 Å². The first kappa shape index (κ1) is 17.2. The summed E-state index contributed by atoms with van der Waals surface area (Å²) in [5.41, 5.74) is 1.25. The highest BCUT2D eigenvalue weighted by Gasteiger charge is 2.21. The molecule has 0 atom stereocenters. The average molecular weight is 290 g/mol. The van der Waals surface area contributed by atoms with Crippen molar-refractivity contribution in [3.8, 4) is 0 Å². The number of rotatable bonds is 8. The van der Waals surface area contributed by atoms with Crippen LogP contribution in [0.4, 0.5) is 0 Å². The largest absolute Gasteiger partial charge is 0.356 e. The first-order valence-electron chi connectivity index (χ1n) is 7.48. The summed E-state index contributed by atoms with van der Waals surface area (Å²) < 4.78 is 0. The van der Waals surface area contributed by atoms with Crippen LogP contribution in [0, 0.1) is 0 Å². The molecule has 116 valence electrons. The molecule has 21 heavy (non-hydrogen) atoms. The smallest absolute Gasteiger partial charge is 0.220 e. The Kier molecular flexibility index (Phi) is 6.92. The van der Waals surface area contributed by atoms with Gasteiger partial charge < -0.3 is 10.6 Å². The lowest BCUT2D eigenvalue weighted by molar-refractivity contribution is -0.121. The van der Waals surface area contributed by atoms with Gasteiger partial charge in [-0.1, -0.05) is 44.2 Å². The Balaban J connectivity index is 2.25. The summed E-state index contributed by atoms with van der Waals surface area (Å²) in [4.78, 5) is 22.5. The molecule has 0 saturated heterocycles. The van der Waals surface area contributed by atoms with Gasteiger partial charge in [-0.15, -0.1) is 0 Å². The number of amides is 2. The molecule has 1 aromatic rings. The van der Waals surface area contributed by atoms with E-state index in [2.05, 4.69) is 36.6 Å². The Labute approximate surface area is 127 Å². The number of hydrogen-bond acceptors (Lipinski definition) is 2. The molecule has 0 bridgehead atoms. The Hall–Kier alpha value is -1.84. The van der Waals surface area contributed by atoms with Crippen LogP contribution in [0.25, 0.3) is 0 Å². The summed E-state index contributed by atoms with van der Waals surface area (Å²) in [5.74, 6) is 0.0350.